The van der Waals surface area contributed by atoms with E-state index in [1.54, 1.807) is 0 Å². The van der Waals surface area contributed by atoms with Crippen molar-refractivity contribution in [2.24, 2.45) is 0 Å². The Morgan fingerprint density at radius 2 is 1.71 bits per heavy atom. The van der Waals surface area contributed by atoms with E-state index in [4.69, 9.17) is 0 Å². The van der Waals surface area contributed by atoms with Gasteiger partial charge in [-0.2, -0.15) is 0 Å². The van der Waals surface area contributed by atoms with Crippen LogP contribution in [0.1, 0.15) is 48.1 Å². The van der Waals surface area contributed by atoms with Crippen LogP contribution in [0.5, 0.6) is 0 Å². The van der Waals surface area contributed by atoms with E-state index in [0.717, 1.165) is 43.0 Å². The average Bonchev–Trinajstić information content (AvgIpc) is 2.81. The number of nitrogens with one attached hydrogen (secondary N) is 1. The van der Waals surface area contributed by atoms with Gasteiger partial charge in [0.15, 0.2) is 0 Å². The summed E-state index contributed by atoms with van der Waals surface area (Å²) < 4.78 is 0. The summed E-state index contributed by atoms with van der Waals surface area (Å²) >= 11 is 0. The molecule has 0 heterocycles. The van der Waals surface area contributed by atoms with Crippen molar-refractivity contribution < 1.29 is 0 Å². The molecule has 3 nitrogen and oxygen atoms in total. The van der Waals surface area contributed by atoms with Gasteiger partial charge in [-0.3, -0.25) is 0 Å². The lowest BCUT2D eigenvalue weighted by Gasteiger charge is -2.27. The molecule has 0 saturated heterocycles. The van der Waals surface area contributed by atoms with Crippen molar-refractivity contribution in [2.45, 2.75) is 47.6 Å². The summed E-state index contributed by atoms with van der Waals surface area (Å²) in [6, 6.07) is 15.1. The van der Waals surface area contributed by atoms with Gasteiger partial charge in [0, 0.05) is 25.8 Å². The van der Waals surface area contributed by atoms with Crippen LogP contribution in [0, 0.1) is 20.8 Å². The van der Waals surface area contributed by atoms with E-state index in [1.165, 1.54) is 33.5 Å². The van der Waals surface area contributed by atoms with Gasteiger partial charge < -0.3 is 15.1 Å². The van der Waals surface area contributed by atoms with Crippen molar-refractivity contribution >= 4 is 5.57 Å². The highest BCUT2D eigenvalue weighted by Gasteiger charge is 2.11. The summed E-state index contributed by atoms with van der Waals surface area (Å²) in [6.45, 7) is 21.9. The van der Waals surface area contributed by atoms with Crippen molar-refractivity contribution in [2.75, 3.05) is 27.2 Å². The molecule has 0 saturated carbocycles. The molecule has 0 aliphatic heterocycles. The summed E-state index contributed by atoms with van der Waals surface area (Å²) in [4.78, 5) is 4.59. The molecule has 0 unspecified atom stereocenters. The third-order valence-corrected chi connectivity index (χ3v) is 6.50. The number of benzene rings is 2. The second-order valence-corrected chi connectivity index (χ2v) is 9.35. The molecule has 0 radical (unpaired) electrons. The smallest absolute Gasteiger partial charge is 0.106 e. The van der Waals surface area contributed by atoms with Crippen LogP contribution >= 0.6 is 0 Å². The minimum absolute atomic E-state index is 0.884. The van der Waals surface area contributed by atoms with Crippen LogP contribution in [0.15, 0.2) is 84.9 Å². The molecule has 3 heteroatoms. The van der Waals surface area contributed by atoms with E-state index in [2.05, 4.69) is 126 Å². The Labute approximate surface area is 208 Å². The predicted octanol–water partition coefficient (Wildman–Crippen LogP) is 6.99. The molecule has 2 aromatic carbocycles. The molecule has 0 spiro atoms. The van der Waals surface area contributed by atoms with Gasteiger partial charge in [0.2, 0.25) is 0 Å². The molecular weight excluding hydrogens is 414 g/mol. The number of hydrogen-bond donors (Lipinski definition) is 1. The average molecular weight is 458 g/mol. The summed E-state index contributed by atoms with van der Waals surface area (Å²) in [7, 11) is 4.29. The molecule has 0 bridgehead atoms. The monoisotopic (exact) mass is 457 g/mol. The highest BCUT2D eigenvalue weighted by Crippen LogP contribution is 2.22. The van der Waals surface area contributed by atoms with Crippen LogP contribution in [0.2, 0.25) is 0 Å². The van der Waals surface area contributed by atoms with Crippen LogP contribution in [0.4, 0.5) is 0 Å². The summed E-state index contributed by atoms with van der Waals surface area (Å²) in [5.41, 5.74) is 9.81. The summed E-state index contributed by atoms with van der Waals surface area (Å²) in [5.74, 6) is 1.05. The van der Waals surface area contributed by atoms with Gasteiger partial charge in [0.05, 0.1) is 0 Å². The first-order valence-corrected chi connectivity index (χ1v) is 12.1. The molecule has 2 aromatic rings. The number of rotatable bonds is 12. The number of nitrogens with zero attached hydrogens (tertiary/aromatic N) is 2. The van der Waals surface area contributed by atoms with Gasteiger partial charge in [0.1, 0.15) is 5.82 Å². The van der Waals surface area contributed by atoms with E-state index in [1.807, 2.05) is 6.08 Å². The maximum absolute atomic E-state index is 4.36. The van der Waals surface area contributed by atoms with Crippen LogP contribution < -0.4 is 5.32 Å². The van der Waals surface area contributed by atoms with Gasteiger partial charge in [-0.15, -0.1) is 0 Å². The van der Waals surface area contributed by atoms with Crippen molar-refractivity contribution in [3.63, 3.8) is 0 Å². The molecule has 2 rings (SSSR count). The summed E-state index contributed by atoms with van der Waals surface area (Å²) in [6.07, 6.45) is 5.11. The first-order chi connectivity index (χ1) is 16.1. The molecule has 0 aliphatic rings. The van der Waals surface area contributed by atoms with Crippen molar-refractivity contribution in [1.82, 2.24) is 15.1 Å². The highest BCUT2D eigenvalue weighted by atomic mass is 15.2. The zero-order valence-electron chi connectivity index (χ0n) is 22.3. The number of aryl methyl sites for hydroxylation is 3. The molecular formula is C31H43N3. The third-order valence-electron chi connectivity index (χ3n) is 6.50. The highest BCUT2D eigenvalue weighted by molar-refractivity contribution is 5.74. The first kappa shape index (κ1) is 27.2. The quantitative estimate of drug-likeness (QED) is 0.274. The fourth-order valence-electron chi connectivity index (χ4n) is 3.99. The lowest BCUT2D eigenvalue weighted by molar-refractivity contribution is 0.318. The Balaban J connectivity index is 2.07. The van der Waals surface area contributed by atoms with Crippen LogP contribution in [-0.2, 0) is 6.54 Å². The topological polar surface area (TPSA) is 18.5 Å². The predicted molar refractivity (Wildman–Crippen MR) is 149 cm³/mol. The summed E-state index contributed by atoms with van der Waals surface area (Å²) in [5, 5.41) is 3.67. The molecule has 0 fully saturated rings. The Kier molecular flexibility index (Phi) is 10.4. The van der Waals surface area contributed by atoms with E-state index < -0.39 is 0 Å². The first-order valence-electron chi connectivity index (χ1n) is 12.1. The lowest BCUT2D eigenvalue weighted by atomic mass is 10.0. The maximum Gasteiger partial charge on any atom is 0.106 e. The molecule has 0 aliphatic carbocycles. The second-order valence-electron chi connectivity index (χ2n) is 9.35. The van der Waals surface area contributed by atoms with Gasteiger partial charge in [0.25, 0.3) is 0 Å². The zero-order chi connectivity index (χ0) is 25.3. The minimum Gasteiger partial charge on any atom is -0.371 e. The zero-order valence-corrected chi connectivity index (χ0v) is 22.3. The standard InChI is InChI=1S/C31H43N3/c1-10-24(3)28(7)34(9)31(21-27(6)30-15-12-11-14-25(30)4)32-18-13-19-33(8)22-29-17-16-23(2)20-26(29)5/h10-12,14-17,20-21,32H,1,6,13,18-19,22H2,2-5,7-9H3/b28-24-,31-21-. The Morgan fingerprint density at radius 3 is 2.35 bits per heavy atom. The normalized spacial score (nSPS) is 12.4. The Morgan fingerprint density at radius 1 is 1.00 bits per heavy atom. The maximum atomic E-state index is 4.36. The van der Waals surface area contributed by atoms with E-state index >= 15 is 0 Å². The fourth-order valence-corrected chi connectivity index (χ4v) is 3.99. The Hall–Kier alpha value is -3.04. The van der Waals surface area contributed by atoms with Gasteiger partial charge in [-0.1, -0.05) is 67.3 Å². The van der Waals surface area contributed by atoms with E-state index in [-0.39, 0.29) is 0 Å². The van der Waals surface area contributed by atoms with Crippen molar-refractivity contribution in [3.05, 3.63) is 113 Å². The molecule has 0 atom stereocenters. The molecule has 0 aromatic heterocycles. The minimum atomic E-state index is 0.884. The van der Waals surface area contributed by atoms with Gasteiger partial charge in [-0.25, -0.2) is 0 Å². The van der Waals surface area contributed by atoms with Crippen molar-refractivity contribution in [3.8, 4) is 0 Å². The van der Waals surface area contributed by atoms with Crippen LogP contribution in [0.3, 0.4) is 0 Å². The molecule has 182 valence electrons. The van der Waals surface area contributed by atoms with E-state index in [9.17, 15) is 0 Å². The van der Waals surface area contributed by atoms with Crippen LogP contribution in [-0.4, -0.2) is 37.0 Å². The third kappa shape index (κ3) is 7.78. The Bertz CT molecular complexity index is 1060. The van der Waals surface area contributed by atoms with Gasteiger partial charge in [-0.05, 0) is 94.1 Å². The lowest BCUT2D eigenvalue weighted by Crippen LogP contribution is -2.30. The SMILES string of the molecule is C=C/C(C)=C(/C)N(C)/C(=C\C(=C)c1ccccc1C)NCCCN(C)Cc1ccc(C)cc1C. The fraction of sp³-hybridized carbons (Fsp3) is 0.355. The van der Waals surface area contributed by atoms with Crippen molar-refractivity contribution in [1.29, 1.82) is 0 Å². The largest absolute Gasteiger partial charge is 0.371 e. The van der Waals surface area contributed by atoms with E-state index in [0.29, 0.717) is 0 Å². The van der Waals surface area contributed by atoms with Crippen LogP contribution in [0.25, 0.3) is 5.57 Å². The number of hydrogen-bond acceptors (Lipinski definition) is 3. The number of allylic oxidation sites excluding steroid dienone is 5. The second kappa shape index (κ2) is 13.0. The molecule has 0 amide bonds. The van der Waals surface area contributed by atoms with Gasteiger partial charge >= 0.3 is 0 Å². The molecule has 34 heavy (non-hydrogen) atoms. The molecule has 1 N–H and O–H groups in total.